The number of H-pyrrole nitrogens is 1. The van der Waals surface area contributed by atoms with Gasteiger partial charge in [-0.15, -0.1) is 5.10 Å². The molecular formula is C4H6N4O. The summed E-state index contributed by atoms with van der Waals surface area (Å²) in [5, 5.41) is 9.20. The number of carbonyl (C=O) groups excluding carboxylic acids is 1. The number of ketones is 1. The Balaban J connectivity index is 3.08. The van der Waals surface area contributed by atoms with Crippen molar-refractivity contribution in [2.45, 2.75) is 6.92 Å². The molecule has 0 aliphatic rings. The molecule has 3 N–H and O–H groups in total. The number of nitrogen functional groups attached to an aromatic ring is 1. The molecule has 0 unspecified atom stereocenters. The second kappa shape index (κ2) is 1.85. The smallest absolute Gasteiger partial charge is 0.183 e. The van der Waals surface area contributed by atoms with Crippen LogP contribution in [0.25, 0.3) is 0 Å². The largest absolute Gasteiger partial charge is 0.380 e. The maximum absolute atomic E-state index is 10.5. The van der Waals surface area contributed by atoms with Crippen molar-refractivity contribution in [1.29, 1.82) is 0 Å². The first-order valence-electron chi connectivity index (χ1n) is 2.39. The summed E-state index contributed by atoms with van der Waals surface area (Å²) in [6.45, 7) is 1.38. The Morgan fingerprint density at radius 2 is 2.33 bits per heavy atom. The first-order chi connectivity index (χ1) is 4.22. The molecule has 5 nitrogen and oxygen atoms in total. The van der Waals surface area contributed by atoms with Crippen molar-refractivity contribution in [3.63, 3.8) is 0 Å². The highest BCUT2D eigenvalue weighted by Crippen LogP contribution is 2.00. The third-order valence-corrected chi connectivity index (χ3v) is 0.908. The van der Waals surface area contributed by atoms with Crippen LogP contribution in [0.5, 0.6) is 0 Å². The van der Waals surface area contributed by atoms with Gasteiger partial charge in [-0.05, 0) is 0 Å². The van der Waals surface area contributed by atoms with Crippen LogP contribution in [0, 0.1) is 0 Å². The number of hydrogen-bond acceptors (Lipinski definition) is 4. The predicted octanol–water partition coefficient (Wildman–Crippen LogP) is -0.411. The summed E-state index contributed by atoms with van der Waals surface area (Å²) in [6.07, 6.45) is 0. The van der Waals surface area contributed by atoms with Gasteiger partial charge in [0.15, 0.2) is 17.3 Å². The summed E-state index contributed by atoms with van der Waals surface area (Å²) in [7, 11) is 0. The zero-order chi connectivity index (χ0) is 6.85. The lowest BCUT2D eigenvalue weighted by Gasteiger charge is -1.83. The Hall–Kier alpha value is -1.39. The van der Waals surface area contributed by atoms with E-state index >= 15 is 0 Å². The van der Waals surface area contributed by atoms with Crippen LogP contribution < -0.4 is 5.73 Å². The van der Waals surface area contributed by atoms with E-state index in [1.807, 2.05) is 0 Å². The fraction of sp³-hybridized carbons (Fsp3) is 0.250. The van der Waals surface area contributed by atoms with Crippen molar-refractivity contribution in [1.82, 2.24) is 15.4 Å². The van der Waals surface area contributed by atoms with Gasteiger partial charge in [0.25, 0.3) is 0 Å². The van der Waals surface area contributed by atoms with Gasteiger partial charge in [0.05, 0.1) is 0 Å². The van der Waals surface area contributed by atoms with E-state index in [0.29, 0.717) is 0 Å². The number of nitrogens with two attached hydrogens (primary N) is 1. The minimum absolute atomic E-state index is 0.155. The zero-order valence-corrected chi connectivity index (χ0v) is 4.88. The van der Waals surface area contributed by atoms with E-state index in [1.54, 1.807) is 0 Å². The Bertz CT molecular complexity index is 228. The molecule has 0 fully saturated rings. The van der Waals surface area contributed by atoms with Crippen LogP contribution >= 0.6 is 0 Å². The molecule has 1 heterocycles. The van der Waals surface area contributed by atoms with Gasteiger partial charge in [-0.25, -0.2) is 0 Å². The monoisotopic (exact) mass is 126 g/mol. The lowest BCUT2D eigenvalue weighted by Crippen LogP contribution is -1.97. The van der Waals surface area contributed by atoms with Crippen molar-refractivity contribution in [2.24, 2.45) is 0 Å². The number of aromatic nitrogens is 3. The summed E-state index contributed by atoms with van der Waals surface area (Å²) >= 11 is 0. The van der Waals surface area contributed by atoms with Gasteiger partial charge < -0.3 is 5.73 Å². The number of hydrogen-bond donors (Lipinski definition) is 2. The highest BCUT2D eigenvalue weighted by atomic mass is 16.1. The minimum Gasteiger partial charge on any atom is -0.380 e. The lowest BCUT2D eigenvalue weighted by atomic mass is 10.3. The molecular weight excluding hydrogens is 120 g/mol. The molecule has 0 saturated carbocycles. The van der Waals surface area contributed by atoms with Gasteiger partial charge in [0.1, 0.15) is 0 Å². The maximum Gasteiger partial charge on any atom is 0.183 e. The zero-order valence-electron chi connectivity index (χ0n) is 4.88. The quantitative estimate of drug-likeness (QED) is 0.501. The van der Waals surface area contributed by atoms with Crippen molar-refractivity contribution in [3.8, 4) is 0 Å². The summed E-state index contributed by atoms with van der Waals surface area (Å²) in [6, 6.07) is 0. The van der Waals surface area contributed by atoms with Crippen molar-refractivity contribution >= 4 is 11.6 Å². The fourth-order valence-corrected chi connectivity index (χ4v) is 0.498. The number of Topliss-reactive ketones (excluding diaryl/α,β-unsaturated/α-hetero) is 1. The molecule has 0 bridgehead atoms. The van der Waals surface area contributed by atoms with Crippen LogP contribution in [-0.2, 0) is 0 Å². The second-order valence-corrected chi connectivity index (χ2v) is 1.61. The highest BCUT2D eigenvalue weighted by Gasteiger charge is 2.06. The van der Waals surface area contributed by atoms with Gasteiger partial charge in [0.2, 0.25) is 0 Å². The number of nitrogens with one attached hydrogen (secondary N) is 1. The second-order valence-electron chi connectivity index (χ2n) is 1.61. The van der Waals surface area contributed by atoms with Crippen LogP contribution in [0.4, 0.5) is 5.82 Å². The van der Waals surface area contributed by atoms with E-state index in [9.17, 15) is 4.79 Å². The first kappa shape index (κ1) is 5.74. The first-order valence-corrected chi connectivity index (χ1v) is 2.39. The van der Waals surface area contributed by atoms with E-state index in [1.165, 1.54) is 6.92 Å². The van der Waals surface area contributed by atoms with E-state index in [0.717, 1.165) is 0 Å². The fourth-order valence-electron chi connectivity index (χ4n) is 0.498. The van der Waals surface area contributed by atoms with Crippen molar-refractivity contribution in [3.05, 3.63) is 5.69 Å². The van der Waals surface area contributed by atoms with Crippen molar-refractivity contribution < 1.29 is 4.79 Å². The highest BCUT2D eigenvalue weighted by molar-refractivity contribution is 5.95. The number of nitrogens with zero attached hydrogens (tertiary/aromatic N) is 2. The topological polar surface area (TPSA) is 84.7 Å². The van der Waals surface area contributed by atoms with E-state index in [4.69, 9.17) is 5.73 Å². The van der Waals surface area contributed by atoms with Gasteiger partial charge >= 0.3 is 0 Å². The Labute approximate surface area is 51.2 Å². The van der Waals surface area contributed by atoms with E-state index < -0.39 is 0 Å². The Morgan fingerprint density at radius 3 is 2.56 bits per heavy atom. The van der Waals surface area contributed by atoms with Gasteiger partial charge in [-0.1, -0.05) is 0 Å². The number of rotatable bonds is 1. The minimum atomic E-state index is -0.179. The molecule has 48 valence electrons. The summed E-state index contributed by atoms with van der Waals surface area (Å²) in [5.41, 5.74) is 5.42. The molecule has 0 spiro atoms. The molecule has 5 heteroatoms. The maximum atomic E-state index is 10.5. The van der Waals surface area contributed by atoms with E-state index in [-0.39, 0.29) is 17.3 Å². The molecule has 1 aromatic rings. The summed E-state index contributed by atoms with van der Waals surface area (Å²) < 4.78 is 0. The molecule has 0 aliphatic heterocycles. The van der Waals surface area contributed by atoms with Crippen LogP contribution in [-0.4, -0.2) is 21.2 Å². The number of anilines is 1. The Morgan fingerprint density at radius 1 is 1.67 bits per heavy atom. The van der Waals surface area contributed by atoms with Crippen LogP contribution in [0.1, 0.15) is 17.4 Å². The molecule has 0 radical (unpaired) electrons. The van der Waals surface area contributed by atoms with Gasteiger partial charge in [-0.3, -0.25) is 4.79 Å². The molecule has 0 saturated heterocycles. The molecule has 9 heavy (non-hydrogen) atoms. The normalized spacial score (nSPS) is 9.44. The third kappa shape index (κ3) is 0.883. The van der Waals surface area contributed by atoms with Crippen LogP contribution in [0.3, 0.4) is 0 Å². The lowest BCUT2D eigenvalue weighted by molar-refractivity contribution is 0.101. The molecule has 0 aliphatic carbocycles. The summed E-state index contributed by atoms with van der Waals surface area (Å²) in [5.74, 6) is -0.0243. The van der Waals surface area contributed by atoms with Gasteiger partial charge in [0, 0.05) is 6.92 Å². The standard InChI is InChI=1S/C4H6N4O/c1-2(9)3-4(5)7-8-6-3/h1H3,(H3,5,6,7,8). The molecule has 0 aromatic carbocycles. The SMILES string of the molecule is CC(=O)c1n[nH]nc1N. The third-order valence-electron chi connectivity index (χ3n) is 0.908. The predicted molar refractivity (Wildman–Crippen MR) is 30.8 cm³/mol. The average Bonchev–Trinajstić information content (AvgIpc) is 2.13. The molecule has 1 rings (SSSR count). The van der Waals surface area contributed by atoms with Gasteiger partial charge in [-0.2, -0.15) is 10.3 Å². The number of carbonyl (C=O) groups is 1. The number of aromatic amines is 1. The molecule has 1 aromatic heterocycles. The Kier molecular flexibility index (Phi) is 1.18. The molecule has 0 atom stereocenters. The average molecular weight is 126 g/mol. The van der Waals surface area contributed by atoms with Crippen molar-refractivity contribution in [2.75, 3.05) is 5.73 Å². The van der Waals surface area contributed by atoms with Crippen LogP contribution in [0.15, 0.2) is 0 Å². The summed E-state index contributed by atoms with van der Waals surface area (Å²) in [4.78, 5) is 10.5. The van der Waals surface area contributed by atoms with Crippen LogP contribution in [0.2, 0.25) is 0 Å². The molecule has 0 amide bonds. The van der Waals surface area contributed by atoms with E-state index in [2.05, 4.69) is 15.4 Å².